The summed E-state index contributed by atoms with van der Waals surface area (Å²) in [4.78, 5) is 37.1. The number of nitrogens with zero attached hydrogens (tertiary/aromatic N) is 3. The topological polar surface area (TPSA) is 97.0 Å². The van der Waals surface area contributed by atoms with Crippen molar-refractivity contribution in [3.05, 3.63) is 81.3 Å². The minimum Gasteiger partial charge on any atom is -0.366 e. The van der Waals surface area contributed by atoms with E-state index in [9.17, 15) is 14.0 Å². The Labute approximate surface area is 232 Å². The number of likely N-dealkylation sites (tertiary alicyclic amines) is 1. The van der Waals surface area contributed by atoms with E-state index in [1.807, 2.05) is 18.3 Å². The maximum Gasteiger partial charge on any atom is 0.280 e. The number of benzene rings is 1. The van der Waals surface area contributed by atoms with Crippen molar-refractivity contribution >= 4 is 16.8 Å². The van der Waals surface area contributed by atoms with Crippen LogP contribution in [0, 0.1) is 11.7 Å². The van der Waals surface area contributed by atoms with Crippen molar-refractivity contribution in [2.75, 3.05) is 13.1 Å². The van der Waals surface area contributed by atoms with Crippen LogP contribution in [0.3, 0.4) is 0 Å². The summed E-state index contributed by atoms with van der Waals surface area (Å²) in [5.41, 5.74) is 10.6. The van der Waals surface area contributed by atoms with Crippen LogP contribution in [0.1, 0.15) is 84.6 Å². The van der Waals surface area contributed by atoms with Gasteiger partial charge in [-0.2, -0.15) is 0 Å². The zero-order chi connectivity index (χ0) is 27.5. The molecular weight excluding hydrogens is 505 g/mol. The average molecular weight is 540 g/mol. The maximum absolute atomic E-state index is 14.0. The Morgan fingerprint density at radius 2 is 1.90 bits per heavy atom. The third-order valence-electron chi connectivity index (χ3n) is 8.67. The van der Waals surface area contributed by atoms with E-state index < -0.39 is 11.7 Å². The molecule has 4 heterocycles. The highest BCUT2D eigenvalue weighted by Crippen LogP contribution is 2.44. The summed E-state index contributed by atoms with van der Waals surface area (Å²) in [6.45, 7) is 5.27. The molecule has 3 aliphatic rings. The number of pyridine rings is 2. The molecule has 7 nitrogen and oxygen atoms in total. The minimum absolute atomic E-state index is 0.112. The lowest BCUT2D eigenvalue weighted by Crippen LogP contribution is -2.33. The van der Waals surface area contributed by atoms with Gasteiger partial charge in [-0.1, -0.05) is 13.0 Å². The van der Waals surface area contributed by atoms with Crippen LogP contribution in [-0.2, 0) is 6.54 Å². The molecule has 0 spiro atoms. The number of nitrogens with two attached hydrogens (primary N) is 1. The molecule has 1 atom stereocenters. The standard InChI is InChI=1S/C32H34FN5O2/c1-18-3-2-10-37(15-18)16-23-14-25-27(19-4-5-19)17-38(32(40)30(25)35-23)29-12-21(11-28(36-29)20-6-7-20)24-9-8-22(33)13-26(24)31(34)39/h8-9,11-14,17-20,35H,2-7,10,15-16H2,1H3,(H2,34,39)/t18-/m0/s1. The first-order chi connectivity index (χ1) is 19.3. The molecule has 3 N–H and O–H groups in total. The number of aromatic nitrogens is 3. The number of fused-ring (bicyclic) bond motifs is 1. The number of aromatic amines is 1. The van der Waals surface area contributed by atoms with Crippen LogP contribution in [0.2, 0.25) is 0 Å². The molecule has 206 valence electrons. The number of nitrogens with one attached hydrogen (secondary N) is 1. The monoisotopic (exact) mass is 539 g/mol. The van der Waals surface area contributed by atoms with Gasteiger partial charge in [0.25, 0.3) is 5.56 Å². The number of rotatable bonds is 7. The predicted molar refractivity (Wildman–Crippen MR) is 153 cm³/mol. The molecule has 8 heteroatoms. The number of primary amides is 1. The van der Waals surface area contributed by atoms with Crippen molar-refractivity contribution in [2.45, 2.75) is 63.8 Å². The van der Waals surface area contributed by atoms with E-state index in [4.69, 9.17) is 10.7 Å². The van der Waals surface area contributed by atoms with Gasteiger partial charge in [-0.25, -0.2) is 9.37 Å². The van der Waals surface area contributed by atoms with Gasteiger partial charge in [-0.15, -0.1) is 0 Å². The van der Waals surface area contributed by atoms with Crippen molar-refractivity contribution in [2.24, 2.45) is 11.7 Å². The summed E-state index contributed by atoms with van der Waals surface area (Å²) in [6.07, 6.45) is 8.71. The first-order valence-corrected chi connectivity index (χ1v) is 14.5. The second-order valence-corrected chi connectivity index (χ2v) is 12.1. The van der Waals surface area contributed by atoms with Gasteiger partial charge in [0.2, 0.25) is 5.91 Å². The van der Waals surface area contributed by atoms with E-state index >= 15 is 0 Å². The van der Waals surface area contributed by atoms with Gasteiger partial charge in [-0.3, -0.25) is 19.1 Å². The number of halogens is 1. The number of amides is 1. The van der Waals surface area contributed by atoms with Gasteiger partial charge < -0.3 is 10.7 Å². The van der Waals surface area contributed by atoms with Gasteiger partial charge in [-0.05, 0) is 104 Å². The number of hydrogen-bond donors (Lipinski definition) is 2. The van der Waals surface area contributed by atoms with E-state index in [1.165, 1.54) is 30.5 Å². The summed E-state index contributed by atoms with van der Waals surface area (Å²) in [5.74, 6) is 0.714. The van der Waals surface area contributed by atoms with Crippen LogP contribution in [0.25, 0.3) is 27.8 Å². The van der Waals surface area contributed by atoms with Crippen LogP contribution in [0.4, 0.5) is 4.39 Å². The predicted octanol–water partition coefficient (Wildman–Crippen LogP) is 5.61. The second-order valence-electron chi connectivity index (χ2n) is 12.1. The van der Waals surface area contributed by atoms with Gasteiger partial charge in [0.15, 0.2) is 0 Å². The summed E-state index contributed by atoms with van der Waals surface area (Å²) in [7, 11) is 0. The molecular formula is C32H34FN5O2. The fourth-order valence-corrected chi connectivity index (χ4v) is 6.32. The Balaban J connectivity index is 1.36. The van der Waals surface area contributed by atoms with Crippen molar-refractivity contribution in [3.63, 3.8) is 0 Å². The Morgan fingerprint density at radius 1 is 1.10 bits per heavy atom. The molecule has 1 amide bonds. The number of carbonyl (C=O) groups is 1. The van der Waals surface area contributed by atoms with Crippen LogP contribution < -0.4 is 11.3 Å². The molecule has 7 rings (SSSR count). The summed E-state index contributed by atoms with van der Waals surface area (Å²) in [6, 6.07) is 10.00. The number of carbonyl (C=O) groups excluding carboxylic acids is 1. The third kappa shape index (κ3) is 4.74. The van der Waals surface area contributed by atoms with Crippen molar-refractivity contribution < 1.29 is 9.18 Å². The largest absolute Gasteiger partial charge is 0.366 e. The van der Waals surface area contributed by atoms with Crippen molar-refractivity contribution in [3.8, 4) is 16.9 Å². The highest BCUT2D eigenvalue weighted by Gasteiger charge is 2.30. The molecule has 1 aliphatic heterocycles. The van der Waals surface area contributed by atoms with E-state index in [-0.39, 0.29) is 11.1 Å². The van der Waals surface area contributed by atoms with Gasteiger partial charge in [0.1, 0.15) is 17.2 Å². The van der Waals surface area contributed by atoms with E-state index in [1.54, 1.807) is 10.6 Å². The molecule has 0 bridgehead atoms. The van der Waals surface area contributed by atoms with Crippen LogP contribution in [0.5, 0.6) is 0 Å². The highest BCUT2D eigenvalue weighted by molar-refractivity contribution is 6.00. The Kier molecular flexibility index (Phi) is 6.11. The smallest absolute Gasteiger partial charge is 0.280 e. The molecule has 1 aromatic carbocycles. The van der Waals surface area contributed by atoms with E-state index in [0.717, 1.165) is 62.1 Å². The SMILES string of the molecule is C[C@H]1CCCN(Cc2cc3c(C4CC4)cn(-c4cc(-c5ccc(F)cc5C(N)=O)cc(C5CC5)n4)c(=O)c3[nH]2)C1. The van der Waals surface area contributed by atoms with Gasteiger partial charge >= 0.3 is 0 Å². The summed E-state index contributed by atoms with van der Waals surface area (Å²) >= 11 is 0. The number of H-pyrrole nitrogens is 1. The lowest BCUT2D eigenvalue weighted by atomic mass is 9.98. The first-order valence-electron chi connectivity index (χ1n) is 14.5. The Hall–Kier alpha value is -3.78. The molecule has 4 aromatic rings. The number of hydrogen-bond acceptors (Lipinski definition) is 4. The third-order valence-corrected chi connectivity index (χ3v) is 8.67. The van der Waals surface area contributed by atoms with Gasteiger partial charge in [0, 0.05) is 47.5 Å². The molecule has 2 saturated carbocycles. The molecule has 3 fully saturated rings. The molecule has 2 aliphatic carbocycles. The molecule has 0 radical (unpaired) electrons. The Bertz CT molecular complexity index is 1700. The van der Waals surface area contributed by atoms with Crippen molar-refractivity contribution in [1.29, 1.82) is 0 Å². The molecule has 1 saturated heterocycles. The summed E-state index contributed by atoms with van der Waals surface area (Å²) in [5, 5.41) is 1.01. The van der Waals surface area contributed by atoms with E-state index in [0.29, 0.717) is 40.2 Å². The zero-order valence-corrected chi connectivity index (χ0v) is 22.8. The zero-order valence-electron chi connectivity index (χ0n) is 22.8. The molecule has 40 heavy (non-hydrogen) atoms. The minimum atomic E-state index is -0.697. The fraction of sp³-hybridized carbons (Fsp3) is 0.406. The molecule has 0 unspecified atom stereocenters. The average Bonchev–Trinajstić information content (AvgIpc) is 3.86. The second kappa shape index (κ2) is 9.70. The van der Waals surface area contributed by atoms with Crippen LogP contribution in [0.15, 0.2) is 47.4 Å². The molecule has 3 aromatic heterocycles. The lowest BCUT2D eigenvalue weighted by Gasteiger charge is -2.30. The quantitative estimate of drug-likeness (QED) is 0.319. The maximum atomic E-state index is 14.0. The summed E-state index contributed by atoms with van der Waals surface area (Å²) < 4.78 is 15.7. The van der Waals surface area contributed by atoms with Crippen molar-refractivity contribution in [1.82, 2.24) is 19.4 Å². The normalized spacial score (nSPS) is 19.8. The van der Waals surface area contributed by atoms with Crippen LogP contribution >= 0.6 is 0 Å². The number of piperidine rings is 1. The van der Waals surface area contributed by atoms with E-state index in [2.05, 4.69) is 22.9 Å². The van der Waals surface area contributed by atoms with Crippen LogP contribution in [-0.4, -0.2) is 38.4 Å². The fourth-order valence-electron chi connectivity index (χ4n) is 6.32. The Morgan fingerprint density at radius 3 is 2.62 bits per heavy atom. The van der Waals surface area contributed by atoms with Gasteiger partial charge in [0.05, 0.1) is 0 Å². The first kappa shape index (κ1) is 25.2. The highest BCUT2D eigenvalue weighted by atomic mass is 19.1. The lowest BCUT2D eigenvalue weighted by molar-refractivity contribution is 0.100.